The maximum atomic E-state index is 11.1. The molecule has 0 saturated carbocycles. The van der Waals surface area contributed by atoms with Gasteiger partial charge in [-0.15, -0.1) is 0 Å². The van der Waals surface area contributed by atoms with E-state index in [1.165, 1.54) is 0 Å². The molecule has 16 heavy (non-hydrogen) atoms. The Morgan fingerprint density at radius 1 is 1.19 bits per heavy atom. The van der Waals surface area contributed by atoms with Gasteiger partial charge in [-0.25, -0.2) is 4.79 Å². The molecule has 1 unspecified atom stereocenters. The average molecular weight is 216 g/mol. The second kappa shape index (κ2) is 3.94. The first-order valence-electron chi connectivity index (χ1n) is 5.04. The summed E-state index contributed by atoms with van der Waals surface area (Å²) in [6.45, 7) is 1.63. The molecule has 2 aromatic carbocycles. The van der Waals surface area contributed by atoms with E-state index in [9.17, 15) is 9.90 Å². The Bertz CT molecular complexity index is 539. The minimum atomic E-state index is -0.973. The number of hydrogen-bond donors (Lipinski definition) is 2. The Hall–Kier alpha value is -1.87. The van der Waals surface area contributed by atoms with Gasteiger partial charge in [0.2, 0.25) is 0 Å². The number of benzene rings is 2. The maximum absolute atomic E-state index is 11.1. The van der Waals surface area contributed by atoms with Crippen LogP contribution < -0.4 is 0 Å². The molecule has 0 heterocycles. The van der Waals surface area contributed by atoms with Crippen LogP contribution in [0.25, 0.3) is 10.8 Å². The van der Waals surface area contributed by atoms with E-state index in [0.717, 1.165) is 5.39 Å². The third kappa shape index (κ3) is 1.66. The van der Waals surface area contributed by atoms with Crippen LogP contribution in [-0.4, -0.2) is 16.2 Å². The van der Waals surface area contributed by atoms with Gasteiger partial charge in [-0.3, -0.25) is 0 Å². The molecule has 2 N–H and O–H groups in total. The van der Waals surface area contributed by atoms with Crippen molar-refractivity contribution in [3.05, 3.63) is 47.5 Å². The average Bonchev–Trinajstić information content (AvgIpc) is 2.27. The quantitative estimate of drug-likeness (QED) is 0.811. The lowest BCUT2D eigenvalue weighted by Gasteiger charge is -2.11. The minimum Gasteiger partial charge on any atom is -0.478 e. The molecule has 0 aliphatic heterocycles. The SMILES string of the molecule is CC(O)c1cccc2cccc(C(=O)O)c12. The summed E-state index contributed by atoms with van der Waals surface area (Å²) in [5.74, 6) is -0.973. The first-order valence-corrected chi connectivity index (χ1v) is 5.04. The Morgan fingerprint density at radius 2 is 1.81 bits per heavy atom. The van der Waals surface area contributed by atoms with Gasteiger partial charge < -0.3 is 10.2 Å². The zero-order valence-electron chi connectivity index (χ0n) is 8.84. The zero-order chi connectivity index (χ0) is 11.7. The molecule has 0 saturated heterocycles. The number of rotatable bonds is 2. The number of carboxylic acids is 1. The van der Waals surface area contributed by atoms with Crippen molar-refractivity contribution in [3.63, 3.8) is 0 Å². The number of aliphatic hydroxyl groups is 1. The van der Waals surface area contributed by atoms with Crippen molar-refractivity contribution in [3.8, 4) is 0 Å². The van der Waals surface area contributed by atoms with Gasteiger partial charge in [0.05, 0.1) is 11.7 Å². The van der Waals surface area contributed by atoms with Crippen LogP contribution in [0, 0.1) is 0 Å². The molecule has 1 atom stereocenters. The Labute approximate surface area is 93.0 Å². The molecule has 2 aromatic rings. The number of hydrogen-bond acceptors (Lipinski definition) is 2. The fourth-order valence-electron chi connectivity index (χ4n) is 1.90. The Morgan fingerprint density at radius 3 is 2.38 bits per heavy atom. The standard InChI is InChI=1S/C13H12O3/c1-8(14)10-6-2-4-9-5-3-7-11(12(9)10)13(15)16/h2-8,14H,1H3,(H,15,16). The molecule has 0 radical (unpaired) electrons. The highest BCUT2D eigenvalue weighted by Crippen LogP contribution is 2.27. The van der Waals surface area contributed by atoms with E-state index in [-0.39, 0.29) is 5.56 Å². The van der Waals surface area contributed by atoms with Gasteiger partial charge >= 0.3 is 5.97 Å². The summed E-state index contributed by atoms with van der Waals surface area (Å²) in [6, 6.07) is 10.5. The van der Waals surface area contributed by atoms with E-state index in [1.807, 2.05) is 18.2 Å². The number of aromatic carboxylic acids is 1. The zero-order valence-corrected chi connectivity index (χ0v) is 8.84. The second-order valence-corrected chi connectivity index (χ2v) is 3.73. The number of carboxylic acid groups (broad SMARTS) is 1. The van der Waals surface area contributed by atoms with Crippen LogP contribution in [0.3, 0.4) is 0 Å². The predicted molar refractivity (Wildman–Crippen MR) is 61.5 cm³/mol. The Kier molecular flexibility index (Phi) is 2.62. The van der Waals surface area contributed by atoms with Gasteiger partial charge in [0.25, 0.3) is 0 Å². The third-order valence-electron chi connectivity index (χ3n) is 2.62. The highest BCUT2D eigenvalue weighted by Gasteiger charge is 2.13. The van der Waals surface area contributed by atoms with Gasteiger partial charge in [-0.05, 0) is 23.9 Å². The first kappa shape index (κ1) is 10.6. The van der Waals surface area contributed by atoms with Crippen molar-refractivity contribution in [1.82, 2.24) is 0 Å². The Balaban J connectivity index is 2.87. The van der Waals surface area contributed by atoms with Crippen LogP contribution in [0.5, 0.6) is 0 Å². The van der Waals surface area contributed by atoms with Crippen LogP contribution in [0.2, 0.25) is 0 Å². The highest BCUT2D eigenvalue weighted by atomic mass is 16.4. The first-order chi connectivity index (χ1) is 7.61. The molecular formula is C13H12O3. The van der Waals surface area contributed by atoms with E-state index in [2.05, 4.69) is 0 Å². The van der Waals surface area contributed by atoms with Gasteiger partial charge in [0.1, 0.15) is 0 Å². The van der Waals surface area contributed by atoms with Gasteiger partial charge in [-0.1, -0.05) is 30.3 Å². The highest BCUT2D eigenvalue weighted by molar-refractivity contribution is 6.05. The minimum absolute atomic E-state index is 0.231. The summed E-state index contributed by atoms with van der Waals surface area (Å²) < 4.78 is 0. The molecule has 0 aromatic heterocycles. The van der Waals surface area contributed by atoms with Crippen molar-refractivity contribution in [2.24, 2.45) is 0 Å². The van der Waals surface area contributed by atoms with Crippen LogP contribution in [-0.2, 0) is 0 Å². The van der Waals surface area contributed by atoms with E-state index < -0.39 is 12.1 Å². The monoisotopic (exact) mass is 216 g/mol. The van der Waals surface area contributed by atoms with Crippen molar-refractivity contribution in [2.75, 3.05) is 0 Å². The summed E-state index contributed by atoms with van der Waals surface area (Å²) in [5, 5.41) is 20.2. The summed E-state index contributed by atoms with van der Waals surface area (Å²) in [4.78, 5) is 11.1. The predicted octanol–water partition coefficient (Wildman–Crippen LogP) is 2.59. The lowest BCUT2D eigenvalue weighted by molar-refractivity contribution is 0.0699. The topological polar surface area (TPSA) is 57.5 Å². The van der Waals surface area contributed by atoms with Crippen LogP contribution in [0.1, 0.15) is 28.9 Å². The molecule has 3 nitrogen and oxygen atoms in total. The number of carbonyl (C=O) groups is 1. The molecule has 0 aliphatic rings. The molecule has 0 amide bonds. The number of aliphatic hydroxyl groups excluding tert-OH is 1. The van der Waals surface area contributed by atoms with Gasteiger partial charge in [0.15, 0.2) is 0 Å². The van der Waals surface area contributed by atoms with Crippen LogP contribution in [0.15, 0.2) is 36.4 Å². The van der Waals surface area contributed by atoms with E-state index in [0.29, 0.717) is 10.9 Å². The summed E-state index contributed by atoms with van der Waals surface area (Å²) in [7, 11) is 0. The largest absolute Gasteiger partial charge is 0.478 e. The molecule has 3 heteroatoms. The van der Waals surface area contributed by atoms with E-state index in [4.69, 9.17) is 5.11 Å². The number of fused-ring (bicyclic) bond motifs is 1. The van der Waals surface area contributed by atoms with Crippen molar-refractivity contribution >= 4 is 16.7 Å². The second-order valence-electron chi connectivity index (χ2n) is 3.73. The molecule has 0 fully saturated rings. The lowest BCUT2D eigenvalue weighted by Crippen LogP contribution is -2.01. The van der Waals surface area contributed by atoms with Crippen LogP contribution >= 0.6 is 0 Å². The molecule has 0 aliphatic carbocycles. The van der Waals surface area contributed by atoms with Crippen LogP contribution in [0.4, 0.5) is 0 Å². The fourth-order valence-corrected chi connectivity index (χ4v) is 1.90. The van der Waals surface area contributed by atoms with Crippen molar-refractivity contribution < 1.29 is 15.0 Å². The summed E-state index contributed by atoms with van der Waals surface area (Å²) in [6.07, 6.45) is -0.677. The summed E-state index contributed by atoms with van der Waals surface area (Å²) >= 11 is 0. The third-order valence-corrected chi connectivity index (χ3v) is 2.62. The molecule has 2 rings (SSSR count). The van der Waals surface area contributed by atoms with Gasteiger partial charge in [0, 0.05) is 5.39 Å². The van der Waals surface area contributed by atoms with Gasteiger partial charge in [-0.2, -0.15) is 0 Å². The summed E-state index contributed by atoms with van der Waals surface area (Å²) in [5.41, 5.74) is 0.879. The van der Waals surface area contributed by atoms with E-state index in [1.54, 1.807) is 25.1 Å². The lowest BCUT2D eigenvalue weighted by atomic mass is 9.97. The molecule has 82 valence electrons. The smallest absolute Gasteiger partial charge is 0.336 e. The molecule has 0 bridgehead atoms. The molecular weight excluding hydrogens is 204 g/mol. The fraction of sp³-hybridized carbons (Fsp3) is 0.154. The molecule has 0 spiro atoms. The van der Waals surface area contributed by atoms with Crippen molar-refractivity contribution in [1.29, 1.82) is 0 Å². The van der Waals surface area contributed by atoms with E-state index >= 15 is 0 Å². The maximum Gasteiger partial charge on any atom is 0.336 e. The van der Waals surface area contributed by atoms with Crippen molar-refractivity contribution in [2.45, 2.75) is 13.0 Å². The normalized spacial score (nSPS) is 12.6.